The summed E-state index contributed by atoms with van der Waals surface area (Å²) >= 11 is 0. The zero-order valence-corrected chi connectivity index (χ0v) is 22.7. The molecule has 0 spiro atoms. The van der Waals surface area contributed by atoms with Gasteiger partial charge in [-0.05, 0) is 24.3 Å². The van der Waals surface area contributed by atoms with Gasteiger partial charge in [0.25, 0.3) is 0 Å². The number of hydrogen-bond donors (Lipinski definition) is 0. The predicted octanol–water partition coefficient (Wildman–Crippen LogP) is 5.57. The lowest BCUT2D eigenvalue weighted by atomic mass is 9.97. The second-order valence-electron chi connectivity index (χ2n) is 9.97. The molecule has 8 nitrogen and oxygen atoms in total. The third-order valence-electron chi connectivity index (χ3n) is 7.31. The van der Waals surface area contributed by atoms with Gasteiger partial charge in [0.05, 0.1) is 17.4 Å². The zero-order chi connectivity index (χ0) is 26.6. The Hall–Kier alpha value is -3.65. The van der Waals surface area contributed by atoms with E-state index in [2.05, 4.69) is 52.8 Å². The maximum Gasteiger partial charge on any atom is 0.210 e. The van der Waals surface area contributed by atoms with Crippen LogP contribution in [-0.4, -0.2) is 55.8 Å². The van der Waals surface area contributed by atoms with Crippen LogP contribution >= 0.6 is 0 Å². The van der Waals surface area contributed by atoms with Crippen LogP contribution in [0.3, 0.4) is 0 Å². The number of benzene rings is 1. The van der Waals surface area contributed by atoms with Crippen LogP contribution in [0.15, 0.2) is 42.9 Å². The highest BCUT2D eigenvalue weighted by Gasteiger charge is 2.29. The Morgan fingerprint density at radius 1 is 1.05 bits per heavy atom. The number of hydrogen-bond acceptors (Lipinski definition) is 6. The minimum Gasteiger partial charge on any atom is -0.381 e. The van der Waals surface area contributed by atoms with E-state index in [4.69, 9.17) is 14.8 Å². The number of rotatable bonds is 5. The Kier molecular flexibility index (Phi) is 7.79. The van der Waals surface area contributed by atoms with Crippen LogP contribution in [0.5, 0.6) is 0 Å². The van der Waals surface area contributed by atoms with E-state index in [-0.39, 0.29) is 5.92 Å². The van der Waals surface area contributed by atoms with Crippen LogP contribution in [0.2, 0.25) is 0 Å². The molecule has 0 radical (unpaired) electrons. The van der Waals surface area contributed by atoms with Gasteiger partial charge in [0, 0.05) is 85.0 Å². The number of nitrogens with zero attached hydrogens (tertiary/aromatic N) is 6. The Morgan fingerprint density at radius 2 is 1.82 bits per heavy atom. The molecule has 38 heavy (non-hydrogen) atoms. The average molecular weight is 513 g/mol. The lowest BCUT2D eigenvalue weighted by molar-refractivity contribution is -0.118. The highest BCUT2D eigenvalue weighted by molar-refractivity contribution is 5.97. The minimum atomic E-state index is 0.285. The molecule has 0 atom stereocenters. The molecule has 2 aliphatic rings. The van der Waals surface area contributed by atoms with Crippen LogP contribution in [0.4, 0.5) is 0 Å². The Bertz CT molecular complexity index is 1410. The molecular formula is C30H36N6O2. The first-order valence-electron chi connectivity index (χ1n) is 13.7. The number of carbonyl (C=O) groups excluding carboxylic acids is 1. The highest BCUT2D eigenvalue weighted by atomic mass is 16.5. The summed E-state index contributed by atoms with van der Waals surface area (Å²) in [5.74, 6) is 1.12. The maximum absolute atomic E-state index is 11.6. The minimum absolute atomic E-state index is 0.285. The van der Waals surface area contributed by atoms with Gasteiger partial charge in [-0.1, -0.05) is 45.9 Å². The zero-order valence-electron chi connectivity index (χ0n) is 22.7. The summed E-state index contributed by atoms with van der Waals surface area (Å²) in [5.41, 5.74) is 6.14. The fourth-order valence-corrected chi connectivity index (χ4v) is 5.31. The Labute approximate surface area is 224 Å². The first-order chi connectivity index (χ1) is 18.6. The van der Waals surface area contributed by atoms with Crippen molar-refractivity contribution in [3.05, 3.63) is 59.9 Å². The summed E-state index contributed by atoms with van der Waals surface area (Å²) in [6.07, 6.45) is 9.31. The molecule has 5 heterocycles. The Morgan fingerprint density at radius 3 is 2.53 bits per heavy atom. The van der Waals surface area contributed by atoms with Gasteiger partial charge in [0.15, 0.2) is 0 Å². The van der Waals surface area contributed by atoms with E-state index in [1.54, 1.807) is 0 Å². The summed E-state index contributed by atoms with van der Waals surface area (Å²) in [6.45, 7) is 11.0. The van der Waals surface area contributed by atoms with Crippen molar-refractivity contribution in [3.63, 3.8) is 0 Å². The molecular weight excluding hydrogens is 476 g/mol. The lowest BCUT2D eigenvalue weighted by Gasteiger charge is -2.28. The number of amides is 1. The second kappa shape index (κ2) is 11.4. The molecule has 0 N–H and O–H groups in total. The molecule has 1 aromatic carbocycles. The van der Waals surface area contributed by atoms with Gasteiger partial charge in [0.1, 0.15) is 5.82 Å². The first-order valence-corrected chi connectivity index (χ1v) is 13.7. The summed E-state index contributed by atoms with van der Waals surface area (Å²) in [4.78, 5) is 27.3. The summed E-state index contributed by atoms with van der Waals surface area (Å²) in [5, 5.41) is 7.31. The Balaban J connectivity index is 0.00000144. The molecule has 198 valence electrons. The number of aromatic nitrogens is 5. The molecule has 4 aromatic rings. The standard InChI is InChI=1S/C28H30N6O2.C2H6/c1-18(2)28-30-13-20(14-31-28)25-12-19-4-3-5-22(23(19)15-29-25)27-24-16-33(17-35)9-6-26(24)34(32-27)21-7-10-36-11-8-21;1-2/h3-5,12-15,17-18,21H,6-11,16H2,1-2H3;1-2H3. The summed E-state index contributed by atoms with van der Waals surface area (Å²) < 4.78 is 7.83. The largest absolute Gasteiger partial charge is 0.381 e. The predicted molar refractivity (Wildman–Crippen MR) is 149 cm³/mol. The SMILES string of the molecule is CC.CC(C)c1ncc(-c2cc3cccc(-c4nn(C5CCOCC5)c5c4CN(C=O)CC5)c3cn2)cn1. The molecule has 0 unspecified atom stereocenters. The lowest BCUT2D eigenvalue weighted by Crippen LogP contribution is -2.31. The highest BCUT2D eigenvalue weighted by Crippen LogP contribution is 2.37. The van der Waals surface area contributed by atoms with Crippen LogP contribution in [0.1, 0.15) is 69.6 Å². The van der Waals surface area contributed by atoms with Crippen molar-refractivity contribution in [1.82, 2.24) is 29.6 Å². The molecule has 0 saturated carbocycles. The topological polar surface area (TPSA) is 86.0 Å². The van der Waals surface area contributed by atoms with E-state index in [1.165, 1.54) is 5.69 Å². The number of fused-ring (bicyclic) bond motifs is 2. The molecule has 0 bridgehead atoms. The first kappa shape index (κ1) is 26.0. The summed E-state index contributed by atoms with van der Waals surface area (Å²) in [7, 11) is 0. The van der Waals surface area contributed by atoms with Gasteiger partial charge in [-0.3, -0.25) is 14.5 Å². The molecule has 1 fully saturated rings. The third-order valence-corrected chi connectivity index (χ3v) is 7.31. The molecule has 6 rings (SSSR count). The average Bonchev–Trinajstić information content (AvgIpc) is 3.36. The van der Waals surface area contributed by atoms with E-state index >= 15 is 0 Å². The number of ether oxygens (including phenoxy) is 1. The second-order valence-corrected chi connectivity index (χ2v) is 9.97. The van der Waals surface area contributed by atoms with Gasteiger partial charge in [-0.15, -0.1) is 0 Å². The van der Waals surface area contributed by atoms with Crippen LogP contribution < -0.4 is 0 Å². The van der Waals surface area contributed by atoms with Crippen molar-refractivity contribution in [1.29, 1.82) is 0 Å². The van der Waals surface area contributed by atoms with E-state index < -0.39 is 0 Å². The molecule has 1 saturated heterocycles. The van der Waals surface area contributed by atoms with Crippen molar-refractivity contribution in [2.24, 2.45) is 0 Å². The van der Waals surface area contributed by atoms with Crippen molar-refractivity contribution in [3.8, 4) is 22.5 Å². The van der Waals surface area contributed by atoms with Gasteiger partial charge < -0.3 is 9.64 Å². The quantitative estimate of drug-likeness (QED) is 0.325. The van der Waals surface area contributed by atoms with Crippen molar-refractivity contribution >= 4 is 17.2 Å². The van der Waals surface area contributed by atoms with Gasteiger partial charge >= 0.3 is 0 Å². The molecule has 8 heteroatoms. The monoisotopic (exact) mass is 512 g/mol. The van der Waals surface area contributed by atoms with Crippen molar-refractivity contribution in [2.75, 3.05) is 19.8 Å². The van der Waals surface area contributed by atoms with E-state index in [1.807, 2.05) is 37.3 Å². The normalized spacial score (nSPS) is 15.8. The fraction of sp³-hybridized carbons (Fsp3) is 0.433. The molecule has 3 aromatic heterocycles. The summed E-state index contributed by atoms with van der Waals surface area (Å²) in [6, 6.07) is 8.71. The van der Waals surface area contributed by atoms with Crippen LogP contribution in [0, 0.1) is 0 Å². The van der Waals surface area contributed by atoms with E-state index in [0.717, 1.165) is 90.1 Å². The smallest absolute Gasteiger partial charge is 0.210 e. The van der Waals surface area contributed by atoms with Crippen LogP contribution in [-0.2, 0) is 22.5 Å². The molecule has 2 aliphatic heterocycles. The van der Waals surface area contributed by atoms with Gasteiger partial charge in [-0.2, -0.15) is 5.10 Å². The number of pyridine rings is 1. The van der Waals surface area contributed by atoms with E-state index in [0.29, 0.717) is 12.6 Å². The maximum atomic E-state index is 11.6. The van der Waals surface area contributed by atoms with Gasteiger partial charge in [-0.25, -0.2) is 9.97 Å². The molecule has 1 amide bonds. The third kappa shape index (κ3) is 4.92. The van der Waals surface area contributed by atoms with Crippen LogP contribution in [0.25, 0.3) is 33.3 Å². The van der Waals surface area contributed by atoms with Gasteiger partial charge in [0.2, 0.25) is 6.41 Å². The fourth-order valence-electron chi connectivity index (χ4n) is 5.31. The molecule has 0 aliphatic carbocycles. The van der Waals surface area contributed by atoms with Crippen molar-refractivity contribution in [2.45, 2.75) is 65.5 Å². The van der Waals surface area contributed by atoms with Crippen molar-refractivity contribution < 1.29 is 9.53 Å². The van der Waals surface area contributed by atoms with E-state index in [9.17, 15) is 4.79 Å². The number of carbonyl (C=O) groups is 1.